The number of fused-ring (bicyclic) bond motifs is 1. The van der Waals surface area contributed by atoms with Crippen LogP contribution in [0.1, 0.15) is 19.4 Å². The van der Waals surface area contributed by atoms with E-state index in [1.165, 1.54) is 6.20 Å². The summed E-state index contributed by atoms with van der Waals surface area (Å²) >= 11 is 0. The van der Waals surface area contributed by atoms with Crippen molar-refractivity contribution in [3.05, 3.63) is 46.4 Å². The zero-order valence-electron chi connectivity index (χ0n) is 13.7. The van der Waals surface area contributed by atoms with Crippen molar-refractivity contribution in [3.63, 3.8) is 0 Å². The molecule has 9 nitrogen and oxygen atoms in total. The largest absolute Gasteiger partial charge is 0.491 e. The molecule has 0 unspecified atom stereocenters. The third kappa shape index (κ3) is 3.77. The number of hydrogen-bond donors (Lipinski definition) is 3. The summed E-state index contributed by atoms with van der Waals surface area (Å²) in [7, 11) is 0. The minimum absolute atomic E-state index is 0.0879. The highest BCUT2D eigenvalue weighted by atomic mass is 16.5. The molecule has 0 atom stereocenters. The molecule has 0 spiro atoms. The predicted molar refractivity (Wildman–Crippen MR) is 90.4 cm³/mol. The van der Waals surface area contributed by atoms with Crippen LogP contribution in [-0.4, -0.2) is 36.8 Å². The molecule has 9 heteroatoms. The number of rotatable bonds is 6. The highest BCUT2D eigenvalue weighted by Crippen LogP contribution is 2.19. The van der Waals surface area contributed by atoms with Crippen LogP contribution in [0.25, 0.3) is 5.78 Å². The third-order valence-electron chi connectivity index (χ3n) is 3.27. The fraction of sp³-hybridized carbons (Fsp3) is 0.250. The Hall–Kier alpha value is -3.36. The molecule has 0 amide bonds. The zero-order valence-corrected chi connectivity index (χ0v) is 13.7. The molecular formula is C16H17N5O4. The summed E-state index contributed by atoms with van der Waals surface area (Å²) in [6, 6.07) is 7.24. The van der Waals surface area contributed by atoms with Crippen molar-refractivity contribution in [1.82, 2.24) is 19.6 Å². The quantitative estimate of drug-likeness (QED) is 0.621. The third-order valence-corrected chi connectivity index (χ3v) is 3.27. The maximum absolute atomic E-state index is 12.2. The highest BCUT2D eigenvalue weighted by Gasteiger charge is 2.12. The molecule has 0 aliphatic carbocycles. The normalized spacial score (nSPS) is 11.0. The van der Waals surface area contributed by atoms with Gasteiger partial charge in [0.15, 0.2) is 0 Å². The Morgan fingerprint density at radius 2 is 2.08 bits per heavy atom. The molecule has 0 fully saturated rings. The van der Waals surface area contributed by atoms with Crippen LogP contribution >= 0.6 is 0 Å². The lowest BCUT2D eigenvalue weighted by Gasteiger charge is -2.10. The molecule has 3 rings (SSSR count). The first-order valence-corrected chi connectivity index (χ1v) is 7.65. The standard InChI is InChI=1S/C16H17N5O4/c1-9(2)25-12-5-3-11(4-6-12)18-15-19-16-17-8-10(7-13(22)23)14(24)21(16)20-15/h3-6,8-9H,7H2,1-2H3,(H,22,23)(H2,17,18,19,20). The summed E-state index contributed by atoms with van der Waals surface area (Å²) in [6.45, 7) is 3.89. The smallest absolute Gasteiger partial charge is 0.308 e. The molecule has 3 aromatic rings. The Balaban J connectivity index is 1.83. The number of nitrogens with zero attached hydrogens (tertiary/aromatic N) is 3. The number of aromatic nitrogens is 4. The number of H-pyrrole nitrogens is 1. The van der Waals surface area contributed by atoms with Crippen molar-refractivity contribution in [2.24, 2.45) is 0 Å². The Labute approximate surface area is 142 Å². The molecule has 130 valence electrons. The predicted octanol–water partition coefficient (Wildman–Crippen LogP) is 1.58. The van der Waals surface area contributed by atoms with E-state index in [-0.39, 0.29) is 29.8 Å². The lowest BCUT2D eigenvalue weighted by atomic mass is 10.2. The van der Waals surface area contributed by atoms with Crippen LogP contribution < -0.4 is 15.6 Å². The second-order valence-electron chi connectivity index (χ2n) is 5.68. The van der Waals surface area contributed by atoms with Crippen LogP contribution in [0.4, 0.5) is 11.6 Å². The maximum atomic E-state index is 12.2. The second-order valence-corrected chi connectivity index (χ2v) is 5.68. The van der Waals surface area contributed by atoms with Crippen molar-refractivity contribution in [1.29, 1.82) is 0 Å². The molecule has 0 bridgehead atoms. The van der Waals surface area contributed by atoms with E-state index in [0.29, 0.717) is 0 Å². The molecule has 3 N–H and O–H groups in total. The summed E-state index contributed by atoms with van der Waals surface area (Å²) in [5, 5.41) is 15.9. The average molecular weight is 343 g/mol. The van der Waals surface area contributed by atoms with Gasteiger partial charge >= 0.3 is 5.97 Å². The molecule has 0 saturated heterocycles. The van der Waals surface area contributed by atoms with Gasteiger partial charge in [-0.1, -0.05) is 0 Å². The molecule has 0 aliphatic heterocycles. The van der Waals surface area contributed by atoms with Gasteiger partial charge in [0.2, 0.25) is 11.7 Å². The number of nitrogens with one attached hydrogen (secondary N) is 2. The van der Waals surface area contributed by atoms with E-state index >= 15 is 0 Å². The summed E-state index contributed by atoms with van der Waals surface area (Å²) in [5.74, 6) is 0.101. The number of carboxylic acid groups (broad SMARTS) is 1. The number of carbonyl (C=O) groups is 1. The molecule has 0 radical (unpaired) electrons. The van der Waals surface area contributed by atoms with E-state index in [0.717, 1.165) is 16.0 Å². The second kappa shape index (κ2) is 6.63. The molecule has 2 aromatic heterocycles. The lowest BCUT2D eigenvalue weighted by Crippen LogP contribution is -2.21. The Morgan fingerprint density at radius 1 is 1.36 bits per heavy atom. The van der Waals surface area contributed by atoms with Crippen LogP contribution in [0, 0.1) is 0 Å². The highest BCUT2D eigenvalue weighted by molar-refractivity contribution is 5.70. The summed E-state index contributed by atoms with van der Waals surface area (Å²) < 4.78 is 6.61. The van der Waals surface area contributed by atoms with E-state index in [2.05, 4.69) is 20.4 Å². The first kappa shape index (κ1) is 16.5. The zero-order chi connectivity index (χ0) is 18.0. The van der Waals surface area contributed by atoms with Gasteiger partial charge in [0, 0.05) is 17.4 Å². The molecule has 0 saturated carbocycles. The van der Waals surface area contributed by atoms with Gasteiger partial charge in [-0.15, -0.1) is 5.10 Å². The average Bonchev–Trinajstić information content (AvgIpc) is 2.95. The van der Waals surface area contributed by atoms with Gasteiger partial charge in [-0.25, -0.2) is 0 Å². The molecule has 25 heavy (non-hydrogen) atoms. The van der Waals surface area contributed by atoms with Crippen LogP contribution in [0.5, 0.6) is 5.75 Å². The number of aliphatic carboxylic acids is 1. The van der Waals surface area contributed by atoms with Crippen LogP contribution in [0.3, 0.4) is 0 Å². The van der Waals surface area contributed by atoms with Gasteiger partial charge in [0.1, 0.15) is 5.75 Å². The van der Waals surface area contributed by atoms with Crippen molar-refractivity contribution >= 4 is 23.4 Å². The van der Waals surface area contributed by atoms with Crippen LogP contribution in [0.2, 0.25) is 0 Å². The Bertz CT molecular complexity index is 959. The Morgan fingerprint density at radius 3 is 2.72 bits per heavy atom. The van der Waals surface area contributed by atoms with E-state index in [1.54, 1.807) is 12.1 Å². The maximum Gasteiger partial charge on any atom is 0.308 e. The van der Waals surface area contributed by atoms with Gasteiger partial charge in [0.05, 0.1) is 12.5 Å². The minimum atomic E-state index is -1.09. The van der Waals surface area contributed by atoms with Crippen molar-refractivity contribution in [2.45, 2.75) is 26.4 Å². The minimum Gasteiger partial charge on any atom is -0.491 e. The van der Waals surface area contributed by atoms with Gasteiger partial charge in [-0.2, -0.15) is 9.50 Å². The molecule has 2 heterocycles. The fourth-order valence-corrected chi connectivity index (χ4v) is 2.26. The first-order valence-electron chi connectivity index (χ1n) is 7.65. The number of aromatic amines is 1. The van der Waals surface area contributed by atoms with E-state index in [4.69, 9.17) is 9.84 Å². The number of hydrogen-bond acceptors (Lipinski definition) is 6. The van der Waals surface area contributed by atoms with E-state index in [1.807, 2.05) is 26.0 Å². The molecule has 1 aromatic carbocycles. The van der Waals surface area contributed by atoms with Crippen molar-refractivity contribution < 1.29 is 14.6 Å². The van der Waals surface area contributed by atoms with Gasteiger partial charge < -0.3 is 20.1 Å². The number of carboxylic acids is 1. The van der Waals surface area contributed by atoms with Crippen molar-refractivity contribution in [3.8, 4) is 5.75 Å². The first-order chi connectivity index (χ1) is 11.9. The fourth-order valence-electron chi connectivity index (χ4n) is 2.26. The number of ether oxygens (including phenoxy) is 1. The number of benzene rings is 1. The summed E-state index contributed by atoms with van der Waals surface area (Å²) in [4.78, 5) is 29.9. The topological polar surface area (TPSA) is 122 Å². The lowest BCUT2D eigenvalue weighted by molar-refractivity contribution is -0.136. The van der Waals surface area contributed by atoms with Gasteiger partial charge in [-0.05, 0) is 38.1 Å². The van der Waals surface area contributed by atoms with E-state index < -0.39 is 11.5 Å². The summed E-state index contributed by atoms with van der Waals surface area (Å²) in [5.41, 5.74) is 0.314. The molecular weight excluding hydrogens is 326 g/mol. The van der Waals surface area contributed by atoms with Crippen LogP contribution in [0.15, 0.2) is 35.3 Å². The van der Waals surface area contributed by atoms with Gasteiger partial charge in [-0.3, -0.25) is 9.59 Å². The summed E-state index contributed by atoms with van der Waals surface area (Å²) in [6.07, 6.45) is 1.04. The number of anilines is 2. The Kier molecular flexibility index (Phi) is 4.38. The van der Waals surface area contributed by atoms with Gasteiger partial charge in [0.25, 0.3) is 5.56 Å². The van der Waals surface area contributed by atoms with Crippen LogP contribution in [-0.2, 0) is 11.2 Å². The molecule has 0 aliphatic rings. The monoisotopic (exact) mass is 343 g/mol. The van der Waals surface area contributed by atoms with Crippen molar-refractivity contribution in [2.75, 3.05) is 5.32 Å². The van der Waals surface area contributed by atoms with E-state index in [9.17, 15) is 9.59 Å². The SMILES string of the molecule is CC(C)Oc1ccc(Nc2nc3[nH]cc(CC(=O)O)c(=O)n3n2)cc1.